The molecule has 0 bridgehead atoms. The zero-order valence-corrected chi connectivity index (χ0v) is 30.9. The topological polar surface area (TPSA) is 250 Å². The number of hydrogen-bond donors (Lipinski definition) is 8. The summed E-state index contributed by atoms with van der Waals surface area (Å²) in [5.74, 6) is -3.10. The quantitative estimate of drug-likeness (QED) is 0.0351. The molecule has 0 spiro atoms. The highest BCUT2D eigenvalue weighted by atomic mass is 127. The minimum atomic E-state index is -1.14. The van der Waals surface area contributed by atoms with Crippen LogP contribution in [0.4, 0.5) is 0 Å². The van der Waals surface area contributed by atoms with Crippen molar-refractivity contribution < 1.29 is 24.0 Å². The van der Waals surface area contributed by atoms with Crippen molar-refractivity contribution >= 4 is 68.9 Å². The van der Waals surface area contributed by atoms with Gasteiger partial charge >= 0.3 is 0 Å². The van der Waals surface area contributed by atoms with E-state index in [1.54, 1.807) is 0 Å². The molecule has 274 valence electrons. The van der Waals surface area contributed by atoms with Gasteiger partial charge in [-0.15, -0.1) is 0 Å². The number of fused-ring (bicyclic) bond motifs is 1. The summed E-state index contributed by atoms with van der Waals surface area (Å²) in [4.78, 5) is 69.8. The molecule has 0 heterocycles. The van der Waals surface area contributed by atoms with Crippen LogP contribution in [0.2, 0.25) is 0 Å². The molecule has 0 unspecified atom stereocenters. The van der Waals surface area contributed by atoms with Crippen LogP contribution in [-0.2, 0) is 36.8 Å². The van der Waals surface area contributed by atoms with E-state index in [0.717, 1.165) is 25.5 Å². The number of nitrogens with two attached hydrogens (primary N) is 4. The number of carbonyl (C=O) groups is 5. The molecule has 0 aromatic heterocycles. The molecule has 5 amide bonds. The van der Waals surface area contributed by atoms with Gasteiger partial charge in [-0.25, -0.2) is 0 Å². The first-order chi connectivity index (χ1) is 24.4. The third-order valence-electron chi connectivity index (χ3n) is 8.12. The number of nitrogens with zero attached hydrogens (tertiary/aromatic N) is 1. The molecule has 14 nitrogen and oxygen atoms in total. The van der Waals surface area contributed by atoms with E-state index >= 15 is 0 Å². The van der Waals surface area contributed by atoms with Gasteiger partial charge in [-0.3, -0.25) is 29.0 Å². The summed E-state index contributed by atoms with van der Waals surface area (Å²) in [6.07, 6.45) is 2.17. The minimum absolute atomic E-state index is 0.0912. The summed E-state index contributed by atoms with van der Waals surface area (Å²) in [6.45, 7) is 1.92. The van der Waals surface area contributed by atoms with Crippen molar-refractivity contribution in [3.8, 4) is 0 Å². The van der Waals surface area contributed by atoms with E-state index in [1.807, 2.05) is 66.7 Å². The SMILES string of the molecule is CC(=O)N[C@H](Cc1ccc2ccccc2c1)C(=O)N[C@@H](CCCN=C(N)N)C(=O)N[C@H](Cc1ccc(I)cc1)C(=O)N[C@H](CCCCN)C(N)=O. The van der Waals surface area contributed by atoms with Crippen LogP contribution < -0.4 is 44.2 Å². The number of amides is 5. The maximum atomic E-state index is 14.0. The number of hydrogen-bond acceptors (Lipinski definition) is 7. The van der Waals surface area contributed by atoms with Crippen molar-refractivity contribution in [3.63, 3.8) is 0 Å². The monoisotopic (exact) mass is 813 g/mol. The summed E-state index contributed by atoms with van der Waals surface area (Å²) in [5.41, 5.74) is 23.7. The Kier molecular flexibility index (Phi) is 16.6. The van der Waals surface area contributed by atoms with E-state index in [1.165, 1.54) is 6.92 Å². The van der Waals surface area contributed by atoms with Crippen LogP contribution in [0.3, 0.4) is 0 Å². The van der Waals surface area contributed by atoms with Gasteiger partial charge in [0.1, 0.15) is 24.2 Å². The Bertz CT molecular complexity index is 1680. The second-order valence-corrected chi connectivity index (χ2v) is 13.5. The molecular weight excluding hydrogens is 765 g/mol. The number of halogens is 1. The van der Waals surface area contributed by atoms with Crippen molar-refractivity contribution in [2.45, 2.75) is 76.0 Å². The first-order valence-corrected chi connectivity index (χ1v) is 17.9. The number of aliphatic imine (C=N–C) groups is 1. The lowest BCUT2D eigenvalue weighted by atomic mass is 10.00. The largest absolute Gasteiger partial charge is 0.370 e. The van der Waals surface area contributed by atoms with Crippen molar-refractivity contribution in [2.24, 2.45) is 27.9 Å². The zero-order valence-electron chi connectivity index (χ0n) is 28.7. The van der Waals surface area contributed by atoms with E-state index in [9.17, 15) is 24.0 Å². The normalized spacial score (nSPS) is 13.2. The molecule has 12 N–H and O–H groups in total. The molecule has 15 heteroatoms. The molecule has 0 aliphatic rings. The van der Waals surface area contributed by atoms with Gasteiger partial charge in [0.25, 0.3) is 0 Å². The highest BCUT2D eigenvalue weighted by Crippen LogP contribution is 2.17. The van der Waals surface area contributed by atoms with Gasteiger partial charge in [0.05, 0.1) is 0 Å². The zero-order chi connectivity index (χ0) is 37.3. The lowest BCUT2D eigenvalue weighted by Gasteiger charge is -2.26. The van der Waals surface area contributed by atoms with Crippen molar-refractivity contribution in [2.75, 3.05) is 13.1 Å². The highest BCUT2D eigenvalue weighted by molar-refractivity contribution is 14.1. The van der Waals surface area contributed by atoms with Gasteiger partial charge in [-0.1, -0.05) is 54.6 Å². The van der Waals surface area contributed by atoms with E-state index in [4.69, 9.17) is 22.9 Å². The Morgan fingerprint density at radius 1 is 0.667 bits per heavy atom. The van der Waals surface area contributed by atoms with Gasteiger partial charge in [0.15, 0.2) is 5.96 Å². The highest BCUT2D eigenvalue weighted by Gasteiger charge is 2.31. The third kappa shape index (κ3) is 14.2. The minimum Gasteiger partial charge on any atom is -0.370 e. The van der Waals surface area contributed by atoms with Crippen LogP contribution in [-0.4, -0.2) is 72.8 Å². The maximum Gasteiger partial charge on any atom is 0.243 e. The van der Waals surface area contributed by atoms with Crippen LogP contribution in [0.5, 0.6) is 0 Å². The number of guanidine groups is 1. The summed E-state index contributed by atoms with van der Waals surface area (Å²) < 4.78 is 0.982. The summed E-state index contributed by atoms with van der Waals surface area (Å²) in [6, 6.07) is 16.7. The second kappa shape index (κ2) is 20.8. The molecule has 51 heavy (non-hydrogen) atoms. The van der Waals surface area contributed by atoms with E-state index in [-0.39, 0.29) is 38.2 Å². The first kappa shape index (κ1) is 40.7. The van der Waals surface area contributed by atoms with Crippen LogP contribution in [0, 0.1) is 3.57 Å². The van der Waals surface area contributed by atoms with Gasteiger partial charge in [-0.2, -0.15) is 0 Å². The Morgan fingerprint density at radius 3 is 1.84 bits per heavy atom. The molecule has 0 saturated heterocycles. The Morgan fingerprint density at radius 2 is 1.22 bits per heavy atom. The third-order valence-corrected chi connectivity index (χ3v) is 8.84. The van der Waals surface area contributed by atoms with Crippen LogP contribution in [0.1, 0.15) is 50.2 Å². The Balaban J connectivity index is 1.87. The molecule has 4 atom stereocenters. The Labute approximate surface area is 311 Å². The first-order valence-electron chi connectivity index (χ1n) is 16.8. The maximum absolute atomic E-state index is 14.0. The molecule has 0 radical (unpaired) electrons. The summed E-state index contributed by atoms with van der Waals surface area (Å²) >= 11 is 2.16. The number of rotatable bonds is 20. The smallest absolute Gasteiger partial charge is 0.243 e. The molecular formula is C36H48IN9O5. The number of carbonyl (C=O) groups excluding carboxylic acids is 5. The Hall–Kier alpha value is -4.77. The van der Waals surface area contributed by atoms with Gasteiger partial charge in [0, 0.05) is 29.9 Å². The number of benzene rings is 3. The second-order valence-electron chi connectivity index (χ2n) is 12.3. The van der Waals surface area contributed by atoms with Crippen molar-refractivity contribution in [3.05, 3.63) is 81.4 Å². The number of primary amides is 1. The summed E-state index contributed by atoms with van der Waals surface area (Å²) in [7, 11) is 0. The average Bonchev–Trinajstić information content (AvgIpc) is 3.08. The van der Waals surface area contributed by atoms with Gasteiger partial charge in [0.2, 0.25) is 29.5 Å². The lowest BCUT2D eigenvalue weighted by molar-refractivity contribution is -0.134. The van der Waals surface area contributed by atoms with Crippen LogP contribution >= 0.6 is 22.6 Å². The van der Waals surface area contributed by atoms with Gasteiger partial charge < -0.3 is 44.2 Å². The fourth-order valence-corrected chi connectivity index (χ4v) is 5.85. The predicted octanol–water partition coefficient (Wildman–Crippen LogP) is 0.857. The van der Waals surface area contributed by atoms with Crippen molar-refractivity contribution in [1.82, 2.24) is 21.3 Å². The molecule has 3 rings (SSSR count). The van der Waals surface area contributed by atoms with E-state index < -0.39 is 53.7 Å². The van der Waals surface area contributed by atoms with E-state index in [2.05, 4.69) is 48.9 Å². The fourth-order valence-electron chi connectivity index (χ4n) is 5.49. The van der Waals surface area contributed by atoms with E-state index in [0.29, 0.717) is 25.8 Å². The van der Waals surface area contributed by atoms with Crippen LogP contribution in [0.15, 0.2) is 71.7 Å². The number of nitrogens with one attached hydrogen (secondary N) is 4. The fraction of sp³-hybridized carbons (Fsp3) is 0.389. The lowest BCUT2D eigenvalue weighted by Crippen LogP contribution is -2.58. The van der Waals surface area contributed by atoms with Crippen molar-refractivity contribution in [1.29, 1.82) is 0 Å². The molecule has 3 aromatic rings. The number of unbranched alkanes of at least 4 members (excludes halogenated alkanes) is 1. The predicted molar refractivity (Wildman–Crippen MR) is 206 cm³/mol. The summed E-state index contributed by atoms with van der Waals surface area (Å²) in [5, 5.41) is 13.0. The average molecular weight is 814 g/mol. The van der Waals surface area contributed by atoms with Gasteiger partial charge in [-0.05, 0) is 95.3 Å². The standard InChI is InChI=1S/C36H48IN9O5/c1-22(47)43-30(21-24-11-14-25-7-2-3-8-26(25)19-24)34(50)45-29(10-6-18-42-36(40)41)33(49)46-31(20-23-12-15-27(37)16-13-23)35(51)44-28(32(39)48)9-4-5-17-38/h2-3,7-8,11-16,19,28-31H,4-6,9-10,17-18,20-21,38H2,1H3,(H2,39,48)(H,43,47)(H,44,51)(H,45,50)(H,46,49)(H4,40,41,42)/t28-,29+,30-,31-/m1/s1. The molecule has 0 aliphatic carbocycles. The molecule has 0 aliphatic heterocycles. The molecule has 0 saturated carbocycles. The molecule has 0 fully saturated rings. The molecule has 3 aromatic carbocycles. The van der Waals surface area contributed by atoms with Crippen LogP contribution in [0.25, 0.3) is 10.8 Å².